The predicted octanol–water partition coefficient (Wildman–Crippen LogP) is 5.50. The number of hydrogen-bond donors (Lipinski definition) is 0. The summed E-state index contributed by atoms with van der Waals surface area (Å²) >= 11 is 1.45. The average Bonchev–Trinajstić information content (AvgIpc) is 3.40. The molecule has 0 bridgehead atoms. The van der Waals surface area contributed by atoms with Crippen molar-refractivity contribution in [2.75, 3.05) is 0 Å². The maximum Gasteiger partial charge on any atom is 0.379 e. The minimum absolute atomic E-state index is 0.0957. The lowest BCUT2D eigenvalue weighted by molar-refractivity contribution is 0.0700. The fourth-order valence-corrected chi connectivity index (χ4v) is 4.42. The number of benzene rings is 2. The van der Waals surface area contributed by atoms with Crippen LogP contribution in [-0.2, 0) is 0 Å². The summed E-state index contributed by atoms with van der Waals surface area (Å²) in [5.74, 6) is 0.245. The molecule has 0 amide bonds. The molecule has 5 rings (SSSR count). The molecule has 5 aromatic rings. The standard InChI is InChI=1S/C23H15NO5S/c1-12-16(29-23(26)17-7-5-11-27-17)10-9-14-20(25)19(13(2)28-21(12)14)22-24-15-6-3-4-8-18(15)30-22/h3-11H,1-2H3. The number of thiazole rings is 1. The van der Waals surface area contributed by atoms with Crippen LogP contribution in [0.4, 0.5) is 0 Å². The van der Waals surface area contributed by atoms with Crippen molar-refractivity contribution >= 4 is 38.5 Å². The Morgan fingerprint density at radius 3 is 2.67 bits per heavy atom. The third-order valence-electron chi connectivity index (χ3n) is 4.87. The van der Waals surface area contributed by atoms with Gasteiger partial charge in [0.25, 0.3) is 0 Å². The number of aryl methyl sites for hydroxylation is 2. The molecule has 0 aliphatic rings. The van der Waals surface area contributed by atoms with Gasteiger partial charge in [-0.25, -0.2) is 9.78 Å². The Balaban J connectivity index is 1.63. The summed E-state index contributed by atoms with van der Waals surface area (Å²) in [6.07, 6.45) is 1.40. The Morgan fingerprint density at radius 1 is 1.07 bits per heavy atom. The minimum atomic E-state index is -0.618. The topological polar surface area (TPSA) is 82.5 Å². The molecule has 0 aliphatic carbocycles. The highest BCUT2D eigenvalue weighted by molar-refractivity contribution is 7.21. The number of para-hydroxylation sites is 1. The summed E-state index contributed by atoms with van der Waals surface area (Å²) in [5.41, 5.74) is 2.06. The Bertz CT molecular complexity index is 1440. The van der Waals surface area contributed by atoms with E-state index in [0.717, 1.165) is 10.2 Å². The predicted molar refractivity (Wildman–Crippen MR) is 114 cm³/mol. The van der Waals surface area contributed by atoms with Crippen molar-refractivity contribution in [3.63, 3.8) is 0 Å². The van der Waals surface area contributed by atoms with Crippen molar-refractivity contribution in [1.29, 1.82) is 0 Å². The Labute approximate surface area is 174 Å². The van der Waals surface area contributed by atoms with Gasteiger partial charge in [0.15, 0.2) is 0 Å². The first-order valence-corrected chi connectivity index (χ1v) is 10.0. The van der Waals surface area contributed by atoms with Crippen LogP contribution >= 0.6 is 11.3 Å². The van der Waals surface area contributed by atoms with Crippen LogP contribution in [0.2, 0.25) is 0 Å². The minimum Gasteiger partial charge on any atom is -0.460 e. The molecule has 0 saturated heterocycles. The van der Waals surface area contributed by atoms with Crippen molar-refractivity contribution in [2.45, 2.75) is 13.8 Å². The third-order valence-corrected chi connectivity index (χ3v) is 5.92. The maximum atomic E-state index is 13.3. The number of hydrogen-bond acceptors (Lipinski definition) is 7. The number of fused-ring (bicyclic) bond motifs is 2. The zero-order valence-electron chi connectivity index (χ0n) is 16.1. The molecule has 0 spiro atoms. The maximum absolute atomic E-state index is 13.3. The van der Waals surface area contributed by atoms with Crippen LogP contribution in [0.1, 0.15) is 21.9 Å². The van der Waals surface area contributed by atoms with E-state index in [4.69, 9.17) is 13.6 Å². The van der Waals surface area contributed by atoms with Gasteiger partial charge in [-0.1, -0.05) is 12.1 Å². The monoisotopic (exact) mass is 417 g/mol. The van der Waals surface area contributed by atoms with E-state index in [-0.39, 0.29) is 11.2 Å². The average molecular weight is 417 g/mol. The number of nitrogens with zero attached hydrogens (tertiary/aromatic N) is 1. The van der Waals surface area contributed by atoms with Gasteiger partial charge in [-0.2, -0.15) is 0 Å². The van der Waals surface area contributed by atoms with Gasteiger partial charge in [0.05, 0.1) is 27.4 Å². The van der Waals surface area contributed by atoms with E-state index in [1.54, 1.807) is 32.0 Å². The molecule has 2 aromatic carbocycles. The number of rotatable bonds is 3. The summed E-state index contributed by atoms with van der Waals surface area (Å²) in [6.45, 7) is 3.48. The molecule has 3 heterocycles. The van der Waals surface area contributed by atoms with E-state index in [1.165, 1.54) is 23.7 Å². The summed E-state index contributed by atoms with van der Waals surface area (Å²) in [5, 5.41) is 1.03. The molecule has 0 aliphatic heterocycles. The van der Waals surface area contributed by atoms with Gasteiger partial charge >= 0.3 is 5.97 Å². The second-order valence-corrected chi connectivity index (χ2v) is 7.81. The highest BCUT2D eigenvalue weighted by Crippen LogP contribution is 2.34. The van der Waals surface area contributed by atoms with E-state index >= 15 is 0 Å². The van der Waals surface area contributed by atoms with Crippen LogP contribution in [0.25, 0.3) is 31.8 Å². The number of ether oxygens (including phenoxy) is 1. The second-order valence-electron chi connectivity index (χ2n) is 6.78. The van der Waals surface area contributed by atoms with Crippen molar-refractivity contribution in [3.05, 3.63) is 82.1 Å². The van der Waals surface area contributed by atoms with Crippen LogP contribution in [-0.4, -0.2) is 11.0 Å². The highest BCUT2D eigenvalue weighted by atomic mass is 32.1. The van der Waals surface area contributed by atoms with E-state index in [1.807, 2.05) is 24.3 Å². The Hall–Kier alpha value is -3.71. The molecule has 0 unspecified atom stereocenters. The van der Waals surface area contributed by atoms with Gasteiger partial charge in [-0.3, -0.25) is 4.79 Å². The molecular weight excluding hydrogens is 402 g/mol. The molecule has 3 aromatic heterocycles. The zero-order chi connectivity index (χ0) is 20.8. The van der Waals surface area contributed by atoms with Crippen molar-refractivity contribution < 1.29 is 18.4 Å². The first-order valence-electron chi connectivity index (χ1n) is 9.21. The quantitative estimate of drug-likeness (QED) is 0.285. The van der Waals surface area contributed by atoms with Gasteiger partial charge in [-0.15, -0.1) is 11.3 Å². The van der Waals surface area contributed by atoms with Gasteiger partial charge in [-0.05, 0) is 50.2 Å². The fourth-order valence-electron chi connectivity index (χ4n) is 3.36. The van der Waals surface area contributed by atoms with Crippen molar-refractivity contribution in [3.8, 4) is 16.3 Å². The van der Waals surface area contributed by atoms with Crippen LogP contribution < -0.4 is 10.2 Å². The molecule has 148 valence electrons. The normalized spacial score (nSPS) is 11.3. The number of esters is 1. The van der Waals surface area contributed by atoms with Crippen LogP contribution in [0.15, 0.2) is 68.4 Å². The zero-order valence-corrected chi connectivity index (χ0v) is 16.9. The first kappa shape index (κ1) is 18.3. The van der Waals surface area contributed by atoms with Crippen LogP contribution in [0.5, 0.6) is 5.75 Å². The fraction of sp³-hybridized carbons (Fsp3) is 0.0870. The molecule has 0 radical (unpaired) electrons. The molecule has 0 saturated carbocycles. The molecule has 6 nitrogen and oxygen atoms in total. The summed E-state index contributed by atoms with van der Waals surface area (Å²) in [4.78, 5) is 30.1. The summed E-state index contributed by atoms with van der Waals surface area (Å²) in [7, 11) is 0. The van der Waals surface area contributed by atoms with Gasteiger partial charge in [0, 0.05) is 5.56 Å². The van der Waals surface area contributed by atoms with Crippen molar-refractivity contribution in [2.24, 2.45) is 0 Å². The van der Waals surface area contributed by atoms with Crippen molar-refractivity contribution in [1.82, 2.24) is 4.98 Å². The molecule has 7 heteroatoms. The van der Waals surface area contributed by atoms with Gasteiger partial charge < -0.3 is 13.6 Å². The second kappa shape index (κ2) is 6.96. The first-order chi connectivity index (χ1) is 14.5. The molecular formula is C23H15NO5S. The number of furan rings is 1. The largest absolute Gasteiger partial charge is 0.460 e. The SMILES string of the molecule is Cc1oc2c(C)c(OC(=O)c3ccco3)ccc2c(=O)c1-c1nc2ccccc2s1. The molecule has 0 N–H and O–H groups in total. The summed E-state index contributed by atoms with van der Waals surface area (Å²) in [6, 6.07) is 14.1. The van der Waals surface area contributed by atoms with Crippen LogP contribution in [0, 0.1) is 13.8 Å². The molecule has 0 fully saturated rings. The molecule has 0 atom stereocenters. The molecule has 30 heavy (non-hydrogen) atoms. The van der Waals surface area contributed by atoms with E-state index in [2.05, 4.69) is 4.98 Å². The lowest BCUT2D eigenvalue weighted by Crippen LogP contribution is -2.11. The number of carbonyl (C=O) groups excluding carboxylic acids is 1. The van der Waals surface area contributed by atoms with Crippen LogP contribution in [0.3, 0.4) is 0 Å². The van der Waals surface area contributed by atoms with Gasteiger partial charge in [0.2, 0.25) is 11.2 Å². The number of aromatic nitrogens is 1. The lowest BCUT2D eigenvalue weighted by Gasteiger charge is -2.10. The Morgan fingerprint density at radius 2 is 1.90 bits per heavy atom. The smallest absolute Gasteiger partial charge is 0.379 e. The van der Waals surface area contributed by atoms with E-state index in [0.29, 0.717) is 38.6 Å². The third kappa shape index (κ3) is 2.91. The van der Waals surface area contributed by atoms with E-state index in [9.17, 15) is 9.59 Å². The van der Waals surface area contributed by atoms with E-state index < -0.39 is 5.97 Å². The summed E-state index contributed by atoms with van der Waals surface area (Å²) < 4.78 is 17.5. The number of carbonyl (C=O) groups is 1. The highest BCUT2D eigenvalue weighted by Gasteiger charge is 2.21. The Kier molecular flexibility index (Phi) is 4.25. The lowest BCUT2D eigenvalue weighted by atomic mass is 10.1. The van der Waals surface area contributed by atoms with Gasteiger partial charge in [0.1, 0.15) is 22.1 Å².